The predicted octanol–water partition coefficient (Wildman–Crippen LogP) is 2.76. The van der Waals surface area contributed by atoms with E-state index in [1.54, 1.807) is 0 Å². The molecule has 1 aromatic heterocycles. The molecule has 2 aliphatic rings. The van der Waals surface area contributed by atoms with Crippen LogP contribution in [0.4, 0.5) is 5.95 Å². The van der Waals surface area contributed by atoms with Crippen LogP contribution in [-0.4, -0.2) is 40.4 Å². The Balaban J connectivity index is 1.61. The number of amides is 2. The Morgan fingerprint density at radius 3 is 2.48 bits per heavy atom. The first-order valence-corrected chi connectivity index (χ1v) is 11.3. The number of rotatable bonds is 6. The van der Waals surface area contributed by atoms with Gasteiger partial charge in [-0.1, -0.05) is 24.3 Å². The van der Waals surface area contributed by atoms with Gasteiger partial charge in [0.2, 0.25) is 11.9 Å². The molecule has 1 aromatic carbocycles. The topological polar surface area (TPSA) is 87.2 Å². The summed E-state index contributed by atoms with van der Waals surface area (Å²) in [6, 6.07) is 8.74. The molecular weight excluding hydrogens is 390 g/mol. The van der Waals surface area contributed by atoms with Gasteiger partial charge in [-0.2, -0.15) is 0 Å². The summed E-state index contributed by atoms with van der Waals surface area (Å²) in [6.07, 6.45) is 4.41. The molecule has 7 nitrogen and oxygen atoms in total. The molecule has 1 fully saturated rings. The average Bonchev–Trinajstić information content (AvgIpc) is 3.11. The molecule has 2 aliphatic heterocycles. The Kier molecular flexibility index (Phi) is 6.20. The van der Waals surface area contributed by atoms with Crippen LogP contribution in [0.1, 0.15) is 72.9 Å². The zero-order valence-corrected chi connectivity index (χ0v) is 18.6. The Morgan fingerprint density at radius 2 is 1.81 bits per heavy atom. The summed E-state index contributed by atoms with van der Waals surface area (Å²) in [7, 11) is 0. The highest BCUT2D eigenvalue weighted by Crippen LogP contribution is 2.29. The lowest BCUT2D eigenvalue weighted by Crippen LogP contribution is -2.45. The van der Waals surface area contributed by atoms with E-state index >= 15 is 0 Å². The largest absolute Gasteiger partial charge is 0.356 e. The lowest BCUT2D eigenvalue weighted by Gasteiger charge is -2.39. The van der Waals surface area contributed by atoms with Gasteiger partial charge >= 0.3 is 0 Å². The van der Waals surface area contributed by atoms with E-state index < -0.39 is 0 Å². The van der Waals surface area contributed by atoms with Crippen molar-refractivity contribution in [3.8, 4) is 0 Å². The number of hydrogen-bond donors (Lipinski definition) is 2. The first kappa shape index (κ1) is 21.3. The van der Waals surface area contributed by atoms with Gasteiger partial charge in [-0.3, -0.25) is 9.59 Å². The van der Waals surface area contributed by atoms with Crippen LogP contribution in [-0.2, 0) is 24.2 Å². The van der Waals surface area contributed by atoms with Gasteiger partial charge in [0.25, 0.3) is 5.91 Å². The number of anilines is 1. The fourth-order valence-corrected chi connectivity index (χ4v) is 4.66. The summed E-state index contributed by atoms with van der Waals surface area (Å²) in [4.78, 5) is 36.3. The first-order chi connectivity index (χ1) is 15.0. The fraction of sp³-hybridized carbons (Fsp3) is 0.500. The Hall–Kier alpha value is -2.96. The molecule has 2 amide bonds. The van der Waals surface area contributed by atoms with E-state index in [2.05, 4.69) is 29.4 Å². The van der Waals surface area contributed by atoms with Crippen molar-refractivity contribution in [3.63, 3.8) is 0 Å². The third-order valence-electron chi connectivity index (χ3n) is 6.25. The molecule has 2 N–H and O–H groups in total. The highest BCUT2D eigenvalue weighted by molar-refractivity contribution is 5.99. The number of hydrogen-bond acceptors (Lipinski definition) is 5. The number of fused-ring (bicyclic) bond motifs is 1. The van der Waals surface area contributed by atoms with Crippen molar-refractivity contribution in [2.75, 3.05) is 11.4 Å². The first-order valence-electron chi connectivity index (χ1n) is 11.3. The Bertz CT molecular complexity index is 963. The van der Waals surface area contributed by atoms with E-state index in [0.717, 1.165) is 41.3 Å². The molecule has 0 bridgehead atoms. The van der Waals surface area contributed by atoms with Gasteiger partial charge in [0.05, 0.1) is 29.9 Å². The molecule has 1 saturated heterocycles. The van der Waals surface area contributed by atoms with Crippen molar-refractivity contribution < 1.29 is 9.59 Å². The van der Waals surface area contributed by atoms with Crippen LogP contribution in [0.2, 0.25) is 0 Å². The minimum absolute atomic E-state index is 0.0231. The summed E-state index contributed by atoms with van der Waals surface area (Å²) in [5.41, 5.74) is 4.22. The monoisotopic (exact) mass is 421 g/mol. The van der Waals surface area contributed by atoms with Crippen molar-refractivity contribution in [2.45, 2.75) is 71.5 Å². The zero-order valence-electron chi connectivity index (χ0n) is 18.6. The lowest BCUT2D eigenvalue weighted by atomic mass is 9.98. The van der Waals surface area contributed by atoms with Crippen molar-refractivity contribution in [3.05, 3.63) is 52.3 Å². The lowest BCUT2D eigenvalue weighted by molar-refractivity contribution is -0.120. The summed E-state index contributed by atoms with van der Waals surface area (Å²) in [5.74, 6) is 0.664. The second-order valence-corrected chi connectivity index (χ2v) is 8.63. The summed E-state index contributed by atoms with van der Waals surface area (Å²) in [5, 5.41) is 5.72. The van der Waals surface area contributed by atoms with Gasteiger partial charge in [-0.25, -0.2) is 9.97 Å². The molecule has 4 rings (SSSR count). The molecule has 3 heterocycles. The van der Waals surface area contributed by atoms with Crippen molar-refractivity contribution in [2.24, 2.45) is 0 Å². The van der Waals surface area contributed by atoms with Crippen molar-refractivity contribution in [1.82, 2.24) is 20.6 Å². The quantitative estimate of drug-likeness (QED) is 0.749. The van der Waals surface area contributed by atoms with Crippen LogP contribution in [0.15, 0.2) is 24.3 Å². The summed E-state index contributed by atoms with van der Waals surface area (Å²) >= 11 is 0. The normalized spacial score (nSPS) is 20.4. The molecule has 0 radical (unpaired) electrons. The van der Waals surface area contributed by atoms with Crippen molar-refractivity contribution in [1.29, 1.82) is 0 Å². The number of aromatic nitrogens is 2. The van der Waals surface area contributed by atoms with Crippen LogP contribution < -0.4 is 15.5 Å². The van der Waals surface area contributed by atoms with Crippen LogP contribution in [0, 0.1) is 0 Å². The molecule has 164 valence electrons. The Morgan fingerprint density at radius 1 is 1.13 bits per heavy atom. The molecule has 2 aromatic rings. The molecule has 0 spiro atoms. The molecule has 0 saturated carbocycles. The summed E-state index contributed by atoms with van der Waals surface area (Å²) in [6.45, 7) is 7.45. The standard InChI is InChI=1S/C24H31N5O2/c1-4-25-21(30)13-18-10-8-17(9-11-18)12-19-22-20(14-26-23(22)31)28-24(27-19)29-15(2)6-5-7-16(29)3/h8-11,15-16H,4-7,12-14H2,1-3H3,(H,25,30)(H,26,31)/t15-,16-/m1/s1. The van der Waals surface area contributed by atoms with E-state index in [4.69, 9.17) is 9.97 Å². The number of benzene rings is 1. The van der Waals surface area contributed by atoms with E-state index in [9.17, 15) is 9.59 Å². The molecular formula is C24H31N5O2. The highest BCUT2D eigenvalue weighted by Gasteiger charge is 2.31. The maximum atomic E-state index is 12.5. The van der Waals surface area contributed by atoms with Crippen LogP contribution in [0.3, 0.4) is 0 Å². The number of nitrogens with one attached hydrogen (secondary N) is 2. The van der Waals surface area contributed by atoms with Crippen LogP contribution in [0.5, 0.6) is 0 Å². The van der Waals surface area contributed by atoms with E-state index in [1.807, 2.05) is 31.2 Å². The van der Waals surface area contributed by atoms with Crippen LogP contribution >= 0.6 is 0 Å². The number of likely N-dealkylation sites (N-methyl/N-ethyl adjacent to an activating group) is 1. The van der Waals surface area contributed by atoms with Crippen LogP contribution in [0.25, 0.3) is 0 Å². The van der Waals surface area contributed by atoms with Gasteiger partial charge in [0, 0.05) is 25.0 Å². The van der Waals surface area contributed by atoms with Gasteiger partial charge in [-0.05, 0) is 51.2 Å². The summed E-state index contributed by atoms with van der Waals surface area (Å²) < 4.78 is 0. The SMILES string of the molecule is CCNC(=O)Cc1ccc(Cc2nc(N3[C@H](C)CCC[C@H]3C)nc3c2C(=O)NC3)cc1. The number of carbonyl (C=O) groups is 2. The second-order valence-electron chi connectivity index (χ2n) is 8.63. The van der Waals surface area contributed by atoms with E-state index in [0.29, 0.717) is 43.6 Å². The molecule has 0 unspecified atom stereocenters. The predicted molar refractivity (Wildman–Crippen MR) is 120 cm³/mol. The van der Waals surface area contributed by atoms with Gasteiger partial charge < -0.3 is 15.5 Å². The molecule has 7 heteroatoms. The third-order valence-corrected chi connectivity index (χ3v) is 6.25. The fourth-order valence-electron chi connectivity index (χ4n) is 4.66. The minimum Gasteiger partial charge on any atom is -0.356 e. The van der Waals surface area contributed by atoms with E-state index in [-0.39, 0.29) is 11.8 Å². The molecule has 31 heavy (non-hydrogen) atoms. The molecule has 0 aliphatic carbocycles. The van der Waals surface area contributed by atoms with Gasteiger partial charge in [-0.15, -0.1) is 0 Å². The van der Waals surface area contributed by atoms with Gasteiger partial charge in [0.1, 0.15) is 0 Å². The maximum absolute atomic E-state index is 12.5. The highest BCUT2D eigenvalue weighted by atomic mass is 16.2. The smallest absolute Gasteiger partial charge is 0.255 e. The second kappa shape index (κ2) is 9.04. The van der Waals surface area contributed by atoms with E-state index in [1.165, 1.54) is 6.42 Å². The maximum Gasteiger partial charge on any atom is 0.255 e. The third kappa shape index (κ3) is 4.55. The number of piperidine rings is 1. The molecule has 2 atom stereocenters. The number of nitrogens with zero attached hydrogens (tertiary/aromatic N) is 3. The van der Waals surface area contributed by atoms with Gasteiger partial charge in [0.15, 0.2) is 0 Å². The average molecular weight is 422 g/mol. The number of carbonyl (C=O) groups excluding carboxylic acids is 2. The van der Waals surface area contributed by atoms with Crippen molar-refractivity contribution >= 4 is 17.8 Å². The minimum atomic E-state index is -0.0934. The zero-order chi connectivity index (χ0) is 22.0. The Labute approximate surface area is 183 Å².